The molecule has 0 aliphatic carbocycles. The van der Waals surface area contributed by atoms with Gasteiger partial charge in [0.2, 0.25) is 20.0 Å². The zero-order valence-corrected chi connectivity index (χ0v) is 72.9. The summed E-state index contributed by atoms with van der Waals surface area (Å²) in [4.78, 5) is 63.8. The van der Waals surface area contributed by atoms with Crippen LogP contribution in [-0.4, -0.2) is 172 Å². The van der Waals surface area contributed by atoms with Crippen LogP contribution < -0.4 is 45.8 Å². The lowest BCUT2D eigenvalue weighted by Gasteiger charge is -2.42. The van der Waals surface area contributed by atoms with Crippen LogP contribution in [0.15, 0.2) is 184 Å². The monoisotopic (exact) mass is 1730 g/mol. The number of carbonyl (C=O) groups is 4. The van der Waals surface area contributed by atoms with Crippen LogP contribution in [0.1, 0.15) is 125 Å². The molecule has 6 fully saturated rings. The largest absolute Gasteiger partial charge is 0.460 e. The van der Waals surface area contributed by atoms with Gasteiger partial charge in [0.15, 0.2) is 0 Å². The van der Waals surface area contributed by atoms with Crippen LogP contribution >= 0.6 is 15.9 Å². The maximum atomic E-state index is 13.6. The smallest absolute Gasteiger partial charge is 0.306 e. The Morgan fingerprint density at radius 3 is 1.15 bits per heavy atom. The zero-order valence-electron chi connectivity index (χ0n) is 69.7. The second-order valence-corrected chi connectivity index (χ2v) is 36.5. The number of hydrogen-bond donors (Lipinski definition) is 4. The number of piperazine rings is 2. The number of anilines is 5. The van der Waals surface area contributed by atoms with Gasteiger partial charge in [0.25, 0.3) is 11.8 Å². The number of para-hydroxylation sites is 5. The van der Waals surface area contributed by atoms with Gasteiger partial charge in [0.1, 0.15) is 51.1 Å². The SMILES string of the molecule is CC(C)(C)OC(=O)CC1CN(c2ccccc2C#N)C1.CC(C)(C)OC(=O)CC1CNC1.Cc1cc(C)c(C(=O)N2CCN(c3ccccc3S(N)(=O)=O)CC2)cc1Br.Cc1cc(C)c(C(=O)N2CCN(c3ccccc3S(N)(=O)=O)CC2)cc1CC1CN(c2ccccc2C#N)C1.N#Cc1ccccc1F.N#Cc1ccccc1N1CC(N)C1. The summed E-state index contributed by atoms with van der Waals surface area (Å²) < 4.78 is 71.5. The molecule has 0 unspecified atom stereocenters. The van der Waals surface area contributed by atoms with Gasteiger partial charge in [-0.15, -0.1) is 0 Å². The number of rotatable bonds is 15. The second-order valence-electron chi connectivity index (χ2n) is 32.6. The highest BCUT2D eigenvalue weighted by Crippen LogP contribution is 2.35. The predicted octanol–water partition coefficient (Wildman–Crippen LogP) is 12.2. The lowest BCUT2D eigenvalue weighted by Crippen LogP contribution is -2.56. The molecule has 0 radical (unpaired) electrons. The van der Waals surface area contributed by atoms with Crippen molar-refractivity contribution in [2.75, 3.05) is 129 Å². The number of benzene rings is 8. The molecular weight excluding hydrogens is 1630 g/mol. The minimum atomic E-state index is -3.84. The Hall–Kier alpha value is -11.3. The fourth-order valence-electron chi connectivity index (χ4n) is 14.6. The standard InChI is InChI=1S/C30H33N5O3S.C19H22BrN3O3S.C16H20N2O2.C10H11N3.C9H17NO2.C7H4FN/c1-21-15-22(2)26(17-25(21)16-23-19-35(20-23)27-8-4-3-7-24(27)18-31)30(36)34-13-11-33(12-14-34)28-9-5-6-10-29(28)39(32,37)38;1-13-11-14(2)16(20)12-15(13)19(24)23-9-7-22(8-10-23)17-5-3-4-6-18(17)27(21,25)26;1-16(2,3)20-15(19)8-12-10-18(11-12)14-7-5-4-6-13(14)9-17;11-5-8-3-1-2-4-10(8)13-6-9(12)7-13;1-9(2,3)12-8(11)4-7-5-10-6-7;8-7-4-2-1-3-6(7)5-9/h3-10,15,17,23H,11-14,16,19-20H2,1-2H3,(H2,32,37,38);3-6,11-12H,7-10H2,1-2H3,(H2,21,25,26);4-7,12H,8,10-11H2,1-3H3;1-4,9H,6-7,12H2;7,10H,4-6H2,1-3H3;1-4H. The van der Waals surface area contributed by atoms with E-state index in [1.807, 2.05) is 162 Å². The van der Waals surface area contributed by atoms with E-state index in [0.29, 0.717) is 111 Å². The van der Waals surface area contributed by atoms with Crippen molar-refractivity contribution in [2.24, 2.45) is 33.8 Å². The van der Waals surface area contributed by atoms with Gasteiger partial charge in [0.05, 0.1) is 63.5 Å². The van der Waals surface area contributed by atoms with Crippen LogP contribution in [0.25, 0.3) is 0 Å². The first kappa shape index (κ1) is 92.6. The summed E-state index contributed by atoms with van der Waals surface area (Å²) >= 11 is 3.49. The molecule has 0 saturated carbocycles. The fraction of sp³-hybridized carbons (Fsp3) is 0.385. The Balaban J connectivity index is 0.000000176. The highest BCUT2D eigenvalue weighted by Gasteiger charge is 2.35. The van der Waals surface area contributed by atoms with E-state index in [4.69, 9.17) is 41.3 Å². The molecule has 29 heteroatoms. The molecule has 8 aromatic carbocycles. The average Bonchev–Trinajstić information content (AvgIpc) is 0.781. The molecule has 6 aliphatic rings. The number of aryl methyl sites for hydroxylation is 4. The molecule has 6 aliphatic heterocycles. The van der Waals surface area contributed by atoms with Gasteiger partial charge in [-0.05, 0) is 213 Å². The van der Waals surface area contributed by atoms with Crippen LogP contribution in [0.5, 0.6) is 0 Å². The van der Waals surface area contributed by atoms with Crippen molar-refractivity contribution in [3.63, 3.8) is 0 Å². The Bertz CT molecular complexity index is 5390. The summed E-state index contributed by atoms with van der Waals surface area (Å²) in [6, 6.07) is 58.8. The molecule has 632 valence electrons. The number of amides is 2. The van der Waals surface area contributed by atoms with Crippen molar-refractivity contribution in [2.45, 2.75) is 116 Å². The first-order chi connectivity index (χ1) is 56.8. The van der Waals surface area contributed by atoms with Crippen molar-refractivity contribution in [3.8, 4) is 24.3 Å². The minimum Gasteiger partial charge on any atom is -0.460 e. The van der Waals surface area contributed by atoms with Crippen LogP contribution in [-0.2, 0) is 45.5 Å². The first-order valence-electron chi connectivity index (χ1n) is 39.8. The molecule has 7 N–H and O–H groups in total. The van der Waals surface area contributed by atoms with E-state index in [1.165, 1.54) is 35.4 Å². The van der Waals surface area contributed by atoms with Crippen molar-refractivity contribution < 1.29 is 49.9 Å². The number of carbonyl (C=O) groups excluding carboxylic acids is 4. The van der Waals surface area contributed by atoms with Crippen molar-refractivity contribution >= 4 is 88.2 Å². The molecule has 0 aromatic heterocycles. The number of nitrogens with two attached hydrogens (primary N) is 3. The summed E-state index contributed by atoms with van der Waals surface area (Å²) in [6.45, 7) is 30.5. The number of nitrogens with one attached hydrogen (secondary N) is 1. The van der Waals surface area contributed by atoms with E-state index in [2.05, 4.69) is 73.2 Å². The number of ether oxygens (including phenoxy) is 2. The van der Waals surface area contributed by atoms with E-state index >= 15 is 0 Å². The van der Waals surface area contributed by atoms with Gasteiger partial charge in [-0.25, -0.2) is 31.5 Å². The third-order valence-electron chi connectivity index (χ3n) is 20.8. The van der Waals surface area contributed by atoms with Crippen LogP contribution in [0, 0.1) is 96.6 Å². The molecule has 25 nitrogen and oxygen atoms in total. The summed E-state index contributed by atoms with van der Waals surface area (Å²) in [7, 11) is -7.64. The van der Waals surface area contributed by atoms with E-state index in [0.717, 1.165) is 108 Å². The summed E-state index contributed by atoms with van der Waals surface area (Å²) in [6.07, 6.45) is 1.89. The Morgan fingerprint density at radius 1 is 0.450 bits per heavy atom. The van der Waals surface area contributed by atoms with Crippen molar-refractivity contribution in [3.05, 3.63) is 241 Å². The van der Waals surface area contributed by atoms with Gasteiger partial charge in [-0.1, -0.05) is 101 Å². The Kier molecular flexibility index (Phi) is 32.1. The molecule has 120 heavy (non-hydrogen) atoms. The maximum absolute atomic E-state index is 13.6. The lowest BCUT2D eigenvalue weighted by molar-refractivity contribution is -0.157. The number of nitrogens with zero attached hydrogens (tertiary/aromatic N) is 11. The molecule has 6 heterocycles. The highest BCUT2D eigenvalue weighted by atomic mass is 79.9. The highest BCUT2D eigenvalue weighted by molar-refractivity contribution is 9.10. The normalized spacial score (nSPS) is 15.5. The molecule has 2 amide bonds. The fourth-order valence-corrected chi connectivity index (χ4v) is 16.4. The van der Waals surface area contributed by atoms with E-state index in [9.17, 15) is 45.7 Å². The predicted molar refractivity (Wildman–Crippen MR) is 469 cm³/mol. The number of hydrogen-bond acceptors (Lipinski definition) is 21. The number of sulfonamides is 2. The van der Waals surface area contributed by atoms with Gasteiger partial charge in [-0.2, -0.15) is 21.0 Å². The number of nitriles is 4. The third kappa shape index (κ3) is 25.9. The van der Waals surface area contributed by atoms with Gasteiger partial charge in [-0.3, -0.25) is 19.2 Å². The third-order valence-corrected chi connectivity index (χ3v) is 23.6. The topological polar surface area (TPSA) is 363 Å². The number of primary sulfonamides is 2. The second kappa shape index (κ2) is 41.6. The summed E-state index contributed by atoms with van der Waals surface area (Å²) in [5.41, 5.74) is 18.0. The quantitative estimate of drug-likeness (QED) is 0.0693. The van der Waals surface area contributed by atoms with Crippen molar-refractivity contribution in [1.82, 2.24) is 15.1 Å². The maximum Gasteiger partial charge on any atom is 0.306 e. The molecular formula is C91H107BrFN15O10S2. The van der Waals surface area contributed by atoms with Crippen LogP contribution in [0.4, 0.5) is 32.8 Å². The minimum absolute atomic E-state index is 0.00585. The lowest BCUT2D eigenvalue weighted by atomic mass is 9.87. The number of halogens is 2. The molecule has 0 bridgehead atoms. The molecule has 6 saturated heterocycles. The van der Waals surface area contributed by atoms with Gasteiger partial charge in [0, 0.05) is 119 Å². The molecule has 0 atom stereocenters. The van der Waals surface area contributed by atoms with Crippen LogP contribution in [0.2, 0.25) is 0 Å². The first-order valence-corrected chi connectivity index (χ1v) is 43.7. The summed E-state index contributed by atoms with van der Waals surface area (Å²) in [5, 5.41) is 49.4. The van der Waals surface area contributed by atoms with E-state index < -0.39 is 31.5 Å². The van der Waals surface area contributed by atoms with Gasteiger partial charge >= 0.3 is 11.9 Å². The van der Waals surface area contributed by atoms with Crippen LogP contribution in [0.3, 0.4) is 0 Å². The molecule has 8 aromatic rings. The Labute approximate surface area is 713 Å². The van der Waals surface area contributed by atoms with E-state index in [-0.39, 0.29) is 50.8 Å². The molecule has 0 spiro atoms. The van der Waals surface area contributed by atoms with E-state index in [1.54, 1.807) is 59.5 Å². The number of esters is 2. The Morgan fingerprint density at radius 2 is 0.792 bits per heavy atom. The van der Waals surface area contributed by atoms with Crippen molar-refractivity contribution in [1.29, 1.82) is 21.0 Å². The average molecular weight is 1730 g/mol. The summed E-state index contributed by atoms with van der Waals surface area (Å²) in [5.74, 6) is 0.601. The van der Waals surface area contributed by atoms with Gasteiger partial charge < -0.3 is 54.8 Å². The molecule has 14 rings (SSSR count). The zero-order chi connectivity index (χ0) is 87.4.